The molecule has 0 spiro atoms. The minimum Gasteiger partial charge on any atom is -0.478 e. The zero-order chi connectivity index (χ0) is 14.3. The van der Waals surface area contributed by atoms with E-state index < -0.39 is 0 Å². The van der Waals surface area contributed by atoms with Crippen molar-refractivity contribution in [3.8, 4) is 5.88 Å². The Labute approximate surface area is 121 Å². The first kappa shape index (κ1) is 16.3. The molecule has 0 radical (unpaired) electrons. The van der Waals surface area contributed by atoms with E-state index in [9.17, 15) is 0 Å². The predicted octanol–water partition coefficient (Wildman–Crippen LogP) is 4.19. The highest BCUT2D eigenvalue weighted by molar-refractivity contribution is 6.31. The molecular weight excluding hydrogens is 260 g/mol. The monoisotopic (exact) mass is 284 g/mol. The van der Waals surface area contributed by atoms with Gasteiger partial charge in [-0.2, -0.15) is 0 Å². The molecule has 1 rings (SSSR count). The summed E-state index contributed by atoms with van der Waals surface area (Å²) in [4.78, 5) is 4.20. The highest BCUT2D eigenvalue weighted by Crippen LogP contribution is 2.20. The number of halogens is 1. The van der Waals surface area contributed by atoms with E-state index in [0.717, 1.165) is 18.5 Å². The summed E-state index contributed by atoms with van der Waals surface area (Å²) in [5.74, 6) is 0.659. The van der Waals surface area contributed by atoms with Gasteiger partial charge in [0.1, 0.15) is 0 Å². The second kappa shape index (κ2) is 7.71. The van der Waals surface area contributed by atoms with Gasteiger partial charge in [-0.1, -0.05) is 31.4 Å². The zero-order valence-corrected chi connectivity index (χ0v) is 13.2. The lowest BCUT2D eigenvalue weighted by atomic mass is 10.1. The second-order valence-electron chi connectivity index (χ2n) is 5.77. The summed E-state index contributed by atoms with van der Waals surface area (Å²) < 4.78 is 5.64. The molecule has 3 nitrogen and oxygen atoms in total. The Kier molecular flexibility index (Phi) is 6.59. The predicted molar refractivity (Wildman–Crippen MR) is 80.9 cm³/mol. The fraction of sp³-hybridized carbons (Fsp3) is 0.667. The van der Waals surface area contributed by atoms with Crippen molar-refractivity contribution in [2.45, 2.75) is 59.0 Å². The molecule has 0 saturated carbocycles. The Hall–Kier alpha value is -0.800. The molecule has 0 unspecified atom stereocenters. The van der Waals surface area contributed by atoms with E-state index in [1.165, 1.54) is 12.8 Å². The standard InChI is InChI=1S/C15H25ClN2O/c1-5-6-7-8-19-14-9-12(13(16)11-17-14)10-18-15(2,3)4/h9,11,18H,5-8,10H2,1-4H3. The molecule has 1 heterocycles. The number of nitrogens with one attached hydrogen (secondary N) is 1. The minimum absolute atomic E-state index is 0.0642. The van der Waals surface area contributed by atoms with Gasteiger partial charge in [-0.15, -0.1) is 0 Å². The van der Waals surface area contributed by atoms with E-state index in [1.54, 1.807) is 6.20 Å². The van der Waals surface area contributed by atoms with Crippen molar-refractivity contribution in [1.82, 2.24) is 10.3 Å². The van der Waals surface area contributed by atoms with Crippen LogP contribution in [0.1, 0.15) is 52.5 Å². The Balaban J connectivity index is 2.56. The maximum Gasteiger partial charge on any atom is 0.213 e. The van der Waals surface area contributed by atoms with Gasteiger partial charge in [-0.3, -0.25) is 0 Å². The summed E-state index contributed by atoms with van der Waals surface area (Å²) in [7, 11) is 0. The van der Waals surface area contributed by atoms with E-state index in [0.29, 0.717) is 17.5 Å². The maximum atomic E-state index is 6.15. The molecule has 108 valence electrons. The molecule has 0 amide bonds. The van der Waals surface area contributed by atoms with Gasteiger partial charge >= 0.3 is 0 Å². The van der Waals surface area contributed by atoms with Gasteiger partial charge in [-0.25, -0.2) is 4.98 Å². The van der Waals surface area contributed by atoms with Crippen LogP contribution in [0, 0.1) is 0 Å². The Bertz CT molecular complexity index is 388. The zero-order valence-electron chi connectivity index (χ0n) is 12.4. The maximum absolute atomic E-state index is 6.15. The first-order valence-corrected chi connectivity index (χ1v) is 7.32. The quantitative estimate of drug-likeness (QED) is 0.762. The molecule has 19 heavy (non-hydrogen) atoms. The second-order valence-corrected chi connectivity index (χ2v) is 6.18. The molecule has 0 fully saturated rings. The smallest absolute Gasteiger partial charge is 0.213 e. The number of unbranched alkanes of at least 4 members (excludes halogenated alkanes) is 2. The minimum atomic E-state index is 0.0642. The number of nitrogens with zero attached hydrogens (tertiary/aromatic N) is 1. The lowest BCUT2D eigenvalue weighted by molar-refractivity contribution is 0.294. The van der Waals surface area contributed by atoms with Crippen LogP contribution in [0.25, 0.3) is 0 Å². The van der Waals surface area contributed by atoms with Gasteiger partial charge < -0.3 is 10.1 Å². The first-order chi connectivity index (χ1) is 8.92. The average Bonchev–Trinajstić information content (AvgIpc) is 2.34. The first-order valence-electron chi connectivity index (χ1n) is 6.94. The molecule has 0 aliphatic heterocycles. The van der Waals surface area contributed by atoms with Crippen molar-refractivity contribution >= 4 is 11.6 Å². The molecule has 1 aromatic rings. The third-order valence-corrected chi connectivity index (χ3v) is 3.06. The number of hydrogen-bond donors (Lipinski definition) is 1. The van der Waals surface area contributed by atoms with Crippen LogP contribution in [0.15, 0.2) is 12.3 Å². The van der Waals surface area contributed by atoms with Crippen LogP contribution in [-0.4, -0.2) is 17.1 Å². The van der Waals surface area contributed by atoms with E-state index in [-0.39, 0.29) is 5.54 Å². The third kappa shape index (κ3) is 6.79. The van der Waals surface area contributed by atoms with E-state index in [2.05, 4.69) is 38.0 Å². The molecular formula is C15H25ClN2O. The lowest BCUT2D eigenvalue weighted by Crippen LogP contribution is -2.35. The van der Waals surface area contributed by atoms with Gasteiger partial charge in [0.25, 0.3) is 0 Å². The summed E-state index contributed by atoms with van der Waals surface area (Å²) in [6.07, 6.45) is 5.11. The van der Waals surface area contributed by atoms with Gasteiger partial charge in [0.05, 0.1) is 11.6 Å². The number of hydrogen-bond acceptors (Lipinski definition) is 3. The van der Waals surface area contributed by atoms with Crippen molar-refractivity contribution in [2.75, 3.05) is 6.61 Å². The highest BCUT2D eigenvalue weighted by Gasteiger charge is 2.11. The van der Waals surface area contributed by atoms with Gasteiger partial charge in [0, 0.05) is 24.3 Å². The lowest BCUT2D eigenvalue weighted by Gasteiger charge is -2.21. The molecule has 0 atom stereocenters. The highest BCUT2D eigenvalue weighted by atomic mass is 35.5. The molecule has 0 aromatic carbocycles. The number of pyridine rings is 1. The van der Waals surface area contributed by atoms with Crippen LogP contribution in [0.4, 0.5) is 0 Å². The summed E-state index contributed by atoms with van der Waals surface area (Å²) in [5.41, 5.74) is 1.09. The van der Waals surface area contributed by atoms with Crippen LogP contribution in [0.5, 0.6) is 5.88 Å². The molecule has 0 aliphatic carbocycles. The van der Waals surface area contributed by atoms with Crippen LogP contribution in [0.2, 0.25) is 5.02 Å². The number of aromatic nitrogens is 1. The van der Waals surface area contributed by atoms with Crippen LogP contribution in [-0.2, 0) is 6.54 Å². The molecule has 0 bridgehead atoms. The SMILES string of the molecule is CCCCCOc1cc(CNC(C)(C)C)c(Cl)cn1. The Morgan fingerprint density at radius 2 is 2.05 bits per heavy atom. The van der Waals surface area contributed by atoms with Crippen molar-refractivity contribution in [3.05, 3.63) is 22.8 Å². The van der Waals surface area contributed by atoms with Crippen molar-refractivity contribution in [1.29, 1.82) is 0 Å². The van der Waals surface area contributed by atoms with Gasteiger partial charge in [0.2, 0.25) is 5.88 Å². The Morgan fingerprint density at radius 3 is 2.68 bits per heavy atom. The van der Waals surface area contributed by atoms with Crippen molar-refractivity contribution < 1.29 is 4.74 Å². The van der Waals surface area contributed by atoms with Gasteiger partial charge in [-0.05, 0) is 32.8 Å². The topological polar surface area (TPSA) is 34.1 Å². The van der Waals surface area contributed by atoms with Crippen LogP contribution >= 0.6 is 11.6 Å². The van der Waals surface area contributed by atoms with E-state index in [4.69, 9.17) is 16.3 Å². The summed E-state index contributed by atoms with van der Waals surface area (Å²) in [6, 6.07) is 1.92. The van der Waals surface area contributed by atoms with Gasteiger partial charge in [0.15, 0.2) is 0 Å². The number of ether oxygens (including phenoxy) is 1. The largest absolute Gasteiger partial charge is 0.478 e. The molecule has 0 saturated heterocycles. The van der Waals surface area contributed by atoms with Crippen molar-refractivity contribution in [3.63, 3.8) is 0 Å². The summed E-state index contributed by atoms with van der Waals surface area (Å²) in [5, 5.41) is 4.09. The molecule has 1 N–H and O–H groups in total. The third-order valence-electron chi connectivity index (χ3n) is 2.72. The summed E-state index contributed by atoms with van der Waals surface area (Å²) in [6.45, 7) is 10.0. The normalized spacial score (nSPS) is 11.6. The Morgan fingerprint density at radius 1 is 1.32 bits per heavy atom. The average molecular weight is 285 g/mol. The number of rotatable bonds is 7. The van der Waals surface area contributed by atoms with E-state index in [1.807, 2.05) is 6.07 Å². The molecule has 4 heteroatoms. The van der Waals surface area contributed by atoms with Crippen molar-refractivity contribution in [2.24, 2.45) is 0 Å². The fourth-order valence-electron chi connectivity index (χ4n) is 1.56. The summed E-state index contributed by atoms with van der Waals surface area (Å²) >= 11 is 6.15. The van der Waals surface area contributed by atoms with Crippen LogP contribution in [0.3, 0.4) is 0 Å². The van der Waals surface area contributed by atoms with E-state index >= 15 is 0 Å². The molecule has 1 aromatic heterocycles. The molecule has 0 aliphatic rings. The van der Waals surface area contributed by atoms with Crippen LogP contribution < -0.4 is 10.1 Å². The fourth-order valence-corrected chi connectivity index (χ4v) is 1.73.